The fourth-order valence-corrected chi connectivity index (χ4v) is 4.58. The first kappa shape index (κ1) is 18.2. The molecular weight excluding hydrogens is 368 g/mol. The maximum absolute atomic E-state index is 6.38. The van der Waals surface area contributed by atoms with E-state index in [-0.39, 0.29) is 0 Å². The van der Waals surface area contributed by atoms with Crippen LogP contribution in [0.4, 0.5) is 0 Å². The average Bonchev–Trinajstić information content (AvgIpc) is 3.31. The minimum atomic E-state index is -1.04. The van der Waals surface area contributed by atoms with Gasteiger partial charge in [0.15, 0.2) is 8.38 Å². The quantitative estimate of drug-likeness (QED) is 0.490. The monoisotopic (exact) mass is 387 g/mol. The van der Waals surface area contributed by atoms with Crippen LogP contribution in [0.25, 0.3) is 11.3 Å². The van der Waals surface area contributed by atoms with Crippen LogP contribution in [0.5, 0.6) is 0 Å². The van der Waals surface area contributed by atoms with Gasteiger partial charge in [0.05, 0.1) is 23.3 Å². The number of rotatable bonds is 8. The number of halogens is 2. The third-order valence-electron chi connectivity index (χ3n) is 3.80. The molecule has 0 bridgehead atoms. The van der Waals surface area contributed by atoms with Gasteiger partial charge in [-0.3, -0.25) is 0 Å². The van der Waals surface area contributed by atoms with Gasteiger partial charge in [-0.15, -0.1) is 0 Å². The molecule has 1 saturated carbocycles. The summed E-state index contributed by atoms with van der Waals surface area (Å²) >= 11 is 12.8. The van der Waals surface area contributed by atoms with Crippen molar-refractivity contribution in [3.05, 3.63) is 39.6 Å². The third-order valence-corrected chi connectivity index (χ3v) is 6.10. The fourth-order valence-electron chi connectivity index (χ4n) is 2.61. The zero-order valence-electron chi connectivity index (χ0n) is 13.7. The molecule has 1 aliphatic carbocycles. The van der Waals surface area contributed by atoms with E-state index in [1.54, 1.807) is 0 Å². The predicted molar refractivity (Wildman–Crippen MR) is 97.8 cm³/mol. The largest absolute Gasteiger partial charge is 0.360 e. The van der Waals surface area contributed by atoms with Crippen LogP contribution < -0.4 is 0 Å². The molecular formula is C17H20Cl2NO3P. The fraction of sp³-hybridized carbons (Fsp3) is 0.471. The van der Waals surface area contributed by atoms with E-state index in [1.165, 1.54) is 0 Å². The molecule has 4 nitrogen and oxygen atoms in total. The minimum absolute atomic E-state index is 0.433. The first-order chi connectivity index (χ1) is 11.7. The van der Waals surface area contributed by atoms with Gasteiger partial charge < -0.3 is 13.6 Å². The SMILES string of the molecule is CCOP(Cc1c(-c2c(Cl)cccc2Cl)noc1C1CC1)OCC. The Morgan fingerprint density at radius 3 is 2.33 bits per heavy atom. The molecule has 1 aromatic heterocycles. The van der Waals surface area contributed by atoms with Crippen LogP contribution in [-0.4, -0.2) is 18.4 Å². The van der Waals surface area contributed by atoms with Crippen LogP contribution >= 0.6 is 31.6 Å². The summed E-state index contributed by atoms with van der Waals surface area (Å²) in [5.74, 6) is 1.36. The normalized spacial score (nSPS) is 14.5. The van der Waals surface area contributed by atoms with Crippen LogP contribution in [-0.2, 0) is 15.2 Å². The smallest absolute Gasteiger partial charge is 0.175 e. The van der Waals surface area contributed by atoms with E-state index in [4.69, 9.17) is 36.8 Å². The number of benzene rings is 1. The lowest BCUT2D eigenvalue weighted by Crippen LogP contribution is -1.97. The molecule has 7 heteroatoms. The molecule has 3 rings (SSSR count). The summed E-state index contributed by atoms with van der Waals surface area (Å²) in [5.41, 5.74) is 2.44. The lowest BCUT2D eigenvalue weighted by atomic mass is 10.1. The summed E-state index contributed by atoms with van der Waals surface area (Å²) in [6, 6.07) is 5.45. The molecule has 1 aromatic carbocycles. The summed E-state index contributed by atoms with van der Waals surface area (Å²) in [4.78, 5) is 0. The third kappa shape index (κ3) is 3.95. The Balaban J connectivity index is 2.01. The van der Waals surface area contributed by atoms with E-state index >= 15 is 0 Å². The average molecular weight is 388 g/mol. The molecule has 1 heterocycles. The van der Waals surface area contributed by atoms with Gasteiger partial charge in [-0.05, 0) is 38.8 Å². The summed E-state index contributed by atoms with van der Waals surface area (Å²) in [7, 11) is -1.04. The molecule has 0 aliphatic heterocycles. The molecule has 1 aliphatic rings. The van der Waals surface area contributed by atoms with Gasteiger partial charge in [0.1, 0.15) is 11.5 Å². The van der Waals surface area contributed by atoms with Crippen LogP contribution in [0.1, 0.15) is 43.9 Å². The Bertz CT molecular complexity index is 677. The highest BCUT2D eigenvalue weighted by molar-refractivity contribution is 7.46. The molecule has 0 N–H and O–H groups in total. The lowest BCUT2D eigenvalue weighted by Gasteiger charge is -2.16. The minimum Gasteiger partial charge on any atom is -0.360 e. The molecule has 1 fully saturated rings. The van der Waals surface area contributed by atoms with Crippen molar-refractivity contribution in [2.24, 2.45) is 0 Å². The Morgan fingerprint density at radius 1 is 1.17 bits per heavy atom. The molecule has 0 amide bonds. The van der Waals surface area contributed by atoms with E-state index in [1.807, 2.05) is 32.0 Å². The standard InChI is InChI=1S/C17H20Cl2NO3P/c1-3-21-24(22-4-2)10-12-16(20-23-17(12)11-8-9-11)15-13(18)6-5-7-14(15)19/h5-7,11H,3-4,8-10H2,1-2H3. The molecule has 24 heavy (non-hydrogen) atoms. The second kappa shape index (κ2) is 8.16. The van der Waals surface area contributed by atoms with E-state index in [0.717, 1.165) is 29.7 Å². The first-order valence-corrected chi connectivity index (χ1v) is 10.2. The van der Waals surface area contributed by atoms with Crippen LogP contribution in [0.3, 0.4) is 0 Å². The number of hydrogen-bond acceptors (Lipinski definition) is 4. The van der Waals surface area contributed by atoms with Crippen molar-refractivity contribution in [2.75, 3.05) is 13.2 Å². The maximum atomic E-state index is 6.38. The van der Waals surface area contributed by atoms with E-state index in [2.05, 4.69) is 5.16 Å². The number of hydrogen-bond donors (Lipinski definition) is 0. The van der Waals surface area contributed by atoms with E-state index < -0.39 is 8.38 Å². The maximum Gasteiger partial charge on any atom is 0.175 e. The zero-order valence-corrected chi connectivity index (χ0v) is 16.1. The summed E-state index contributed by atoms with van der Waals surface area (Å²) in [6.45, 7) is 5.15. The van der Waals surface area contributed by atoms with Crippen molar-refractivity contribution < 1.29 is 13.6 Å². The van der Waals surface area contributed by atoms with Gasteiger partial charge in [-0.2, -0.15) is 0 Å². The summed E-state index contributed by atoms with van der Waals surface area (Å²) in [5, 5.41) is 5.43. The Hall–Kier alpha value is -0.640. The van der Waals surface area contributed by atoms with Crippen molar-refractivity contribution >= 4 is 31.6 Å². The molecule has 0 unspecified atom stereocenters. The van der Waals surface area contributed by atoms with Crippen molar-refractivity contribution in [2.45, 2.75) is 38.8 Å². The molecule has 0 saturated heterocycles. The van der Waals surface area contributed by atoms with E-state index in [0.29, 0.717) is 41.0 Å². The highest BCUT2D eigenvalue weighted by Crippen LogP contribution is 2.51. The highest BCUT2D eigenvalue weighted by atomic mass is 35.5. The Kier molecular flexibility index (Phi) is 6.17. The first-order valence-electron chi connectivity index (χ1n) is 8.11. The van der Waals surface area contributed by atoms with Gasteiger partial charge in [-0.1, -0.05) is 34.4 Å². The van der Waals surface area contributed by atoms with Gasteiger partial charge in [0.2, 0.25) is 0 Å². The number of aromatic nitrogens is 1. The second-order valence-electron chi connectivity index (χ2n) is 5.57. The van der Waals surface area contributed by atoms with Crippen molar-refractivity contribution in [3.8, 4) is 11.3 Å². The van der Waals surface area contributed by atoms with Crippen molar-refractivity contribution in [3.63, 3.8) is 0 Å². The van der Waals surface area contributed by atoms with Crippen LogP contribution in [0.2, 0.25) is 10.0 Å². The van der Waals surface area contributed by atoms with Crippen LogP contribution in [0.15, 0.2) is 22.7 Å². The zero-order chi connectivity index (χ0) is 17.1. The number of nitrogens with zero attached hydrogens (tertiary/aromatic N) is 1. The van der Waals surface area contributed by atoms with E-state index in [9.17, 15) is 0 Å². The van der Waals surface area contributed by atoms with Gasteiger partial charge >= 0.3 is 0 Å². The summed E-state index contributed by atoms with van der Waals surface area (Å²) < 4.78 is 17.2. The van der Waals surface area contributed by atoms with Gasteiger partial charge in [0, 0.05) is 23.2 Å². The second-order valence-corrected chi connectivity index (χ2v) is 7.88. The van der Waals surface area contributed by atoms with Gasteiger partial charge in [0.25, 0.3) is 0 Å². The Morgan fingerprint density at radius 2 is 1.79 bits per heavy atom. The summed E-state index contributed by atoms with van der Waals surface area (Å²) in [6.07, 6.45) is 2.88. The van der Waals surface area contributed by atoms with Crippen molar-refractivity contribution in [1.29, 1.82) is 0 Å². The topological polar surface area (TPSA) is 44.5 Å². The molecule has 130 valence electrons. The molecule has 2 aromatic rings. The molecule has 0 atom stereocenters. The van der Waals surface area contributed by atoms with Gasteiger partial charge in [-0.25, -0.2) is 0 Å². The molecule has 0 spiro atoms. The van der Waals surface area contributed by atoms with Crippen LogP contribution in [0, 0.1) is 0 Å². The molecule has 0 radical (unpaired) electrons. The highest BCUT2D eigenvalue weighted by Gasteiger charge is 2.34. The lowest BCUT2D eigenvalue weighted by molar-refractivity contribution is 0.268. The predicted octanol–water partition coefficient (Wildman–Crippen LogP) is 6.41. The van der Waals surface area contributed by atoms with Crippen molar-refractivity contribution in [1.82, 2.24) is 5.16 Å². The Labute approximate surface area is 153 Å².